The maximum Gasteiger partial charge on any atom is 0.261 e. The van der Waals surface area contributed by atoms with Crippen molar-refractivity contribution in [2.45, 2.75) is 25.8 Å². The molecule has 0 aliphatic carbocycles. The number of hydrogen-bond donors (Lipinski definition) is 2. The molecule has 1 aromatic heterocycles. The van der Waals surface area contributed by atoms with Crippen molar-refractivity contribution >= 4 is 17.2 Å². The molecular formula is C17H19FN2OS. The number of thiophene rings is 1. The van der Waals surface area contributed by atoms with Crippen LogP contribution < -0.4 is 10.6 Å². The monoisotopic (exact) mass is 318 g/mol. The van der Waals surface area contributed by atoms with Crippen LogP contribution in [0, 0.1) is 12.7 Å². The molecule has 2 aromatic rings. The van der Waals surface area contributed by atoms with Crippen LogP contribution >= 0.6 is 11.3 Å². The van der Waals surface area contributed by atoms with Gasteiger partial charge in [0.25, 0.3) is 5.91 Å². The molecule has 1 unspecified atom stereocenters. The summed E-state index contributed by atoms with van der Waals surface area (Å²) < 4.78 is 13.0. The second-order valence-corrected chi connectivity index (χ2v) is 6.85. The van der Waals surface area contributed by atoms with Crippen LogP contribution in [0.1, 0.15) is 27.4 Å². The number of carbonyl (C=O) groups excluding carboxylic acids is 1. The Kier molecular flexibility index (Phi) is 4.55. The largest absolute Gasteiger partial charge is 0.350 e. The Hall–Kier alpha value is -1.72. The minimum Gasteiger partial charge on any atom is -0.350 e. The molecule has 1 aromatic carbocycles. The Morgan fingerprint density at radius 3 is 2.86 bits per heavy atom. The molecule has 1 amide bonds. The molecule has 0 bridgehead atoms. The first kappa shape index (κ1) is 15.2. The van der Waals surface area contributed by atoms with Gasteiger partial charge in [0.15, 0.2) is 0 Å². The molecule has 2 N–H and O–H groups in total. The highest BCUT2D eigenvalue weighted by atomic mass is 32.1. The number of amides is 1. The highest BCUT2D eigenvalue weighted by Crippen LogP contribution is 2.31. The molecule has 1 fully saturated rings. The molecule has 3 rings (SSSR count). The standard InChI is InChI=1S/C17H19FN2OS/c1-11-15(12-4-6-13(18)7-5-12)9-16(22-11)17(21)20-10-14-3-2-8-19-14/h4-7,9,14,19H,2-3,8,10H2,1H3,(H,20,21). The summed E-state index contributed by atoms with van der Waals surface area (Å²) in [5, 5.41) is 6.36. The summed E-state index contributed by atoms with van der Waals surface area (Å²) in [6.45, 7) is 3.69. The second-order valence-electron chi connectivity index (χ2n) is 5.59. The van der Waals surface area contributed by atoms with Gasteiger partial charge in [0.2, 0.25) is 0 Å². The van der Waals surface area contributed by atoms with Crippen LogP contribution in [0.25, 0.3) is 11.1 Å². The third kappa shape index (κ3) is 3.36. The minimum absolute atomic E-state index is 0.0323. The number of hydrogen-bond acceptors (Lipinski definition) is 3. The summed E-state index contributed by atoms with van der Waals surface area (Å²) in [5.74, 6) is -0.283. The molecule has 3 nitrogen and oxygen atoms in total. The second kappa shape index (κ2) is 6.58. The van der Waals surface area contributed by atoms with Gasteiger partial charge in [-0.3, -0.25) is 4.79 Å². The van der Waals surface area contributed by atoms with Crippen molar-refractivity contribution in [3.05, 3.63) is 45.9 Å². The molecule has 0 saturated carbocycles. The molecule has 1 aliphatic heterocycles. The van der Waals surface area contributed by atoms with E-state index in [-0.39, 0.29) is 11.7 Å². The molecule has 0 radical (unpaired) electrons. The number of rotatable bonds is 4. The summed E-state index contributed by atoms with van der Waals surface area (Å²) in [6, 6.07) is 8.66. The Labute approximate surface area is 133 Å². The first-order chi connectivity index (χ1) is 10.6. The predicted molar refractivity (Wildman–Crippen MR) is 87.8 cm³/mol. The molecule has 1 aliphatic rings. The summed E-state index contributed by atoms with van der Waals surface area (Å²) >= 11 is 1.48. The van der Waals surface area contributed by atoms with Gasteiger partial charge >= 0.3 is 0 Å². The Balaban J connectivity index is 1.70. The van der Waals surface area contributed by atoms with E-state index in [1.54, 1.807) is 12.1 Å². The Morgan fingerprint density at radius 2 is 2.18 bits per heavy atom. The molecule has 1 saturated heterocycles. The van der Waals surface area contributed by atoms with Gasteiger partial charge < -0.3 is 10.6 Å². The van der Waals surface area contributed by atoms with Gasteiger partial charge in [0.05, 0.1) is 4.88 Å². The van der Waals surface area contributed by atoms with Crippen molar-refractivity contribution in [2.24, 2.45) is 0 Å². The SMILES string of the molecule is Cc1sc(C(=O)NCC2CCCN2)cc1-c1ccc(F)cc1. The van der Waals surface area contributed by atoms with E-state index in [1.807, 2.05) is 13.0 Å². The van der Waals surface area contributed by atoms with E-state index < -0.39 is 0 Å². The Morgan fingerprint density at radius 1 is 1.41 bits per heavy atom. The lowest BCUT2D eigenvalue weighted by Crippen LogP contribution is -2.36. The van der Waals surface area contributed by atoms with E-state index in [2.05, 4.69) is 10.6 Å². The molecular weight excluding hydrogens is 299 g/mol. The lowest BCUT2D eigenvalue weighted by Gasteiger charge is -2.10. The van der Waals surface area contributed by atoms with Crippen LogP contribution in [0.15, 0.2) is 30.3 Å². The van der Waals surface area contributed by atoms with Gasteiger partial charge in [0.1, 0.15) is 5.82 Å². The quantitative estimate of drug-likeness (QED) is 0.908. The summed E-state index contributed by atoms with van der Waals surface area (Å²) in [6.07, 6.45) is 2.29. The molecule has 0 spiro atoms. The van der Waals surface area contributed by atoms with E-state index in [9.17, 15) is 9.18 Å². The molecule has 5 heteroatoms. The van der Waals surface area contributed by atoms with E-state index in [0.29, 0.717) is 17.5 Å². The predicted octanol–water partition coefficient (Wildman–Crippen LogP) is 3.34. The fourth-order valence-corrected chi connectivity index (χ4v) is 3.70. The van der Waals surface area contributed by atoms with Crippen LogP contribution in [0.5, 0.6) is 0 Å². The van der Waals surface area contributed by atoms with Crippen molar-refractivity contribution in [1.29, 1.82) is 0 Å². The zero-order valence-corrected chi connectivity index (χ0v) is 13.3. The fourth-order valence-electron chi connectivity index (χ4n) is 2.74. The zero-order chi connectivity index (χ0) is 15.5. The topological polar surface area (TPSA) is 41.1 Å². The lowest BCUT2D eigenvalue weighted by molar-refractivity contribution is 0.0954. The van der Waals surface area contributed by atoms with E-state index in [1.165, 1.54) is 29.9 Å². The molecule has 1 atom stereocenters. The van der Waals surface area contributed by atoms with Crippen LogP contribution in [0.4, 0.5) is 4.39 Å². The highest BCUT2D eigenvalue weighted by molar-refractivity contribution is 7.14. The summed E-state index contributed by atoms with van der Waals surface area (Å²) in [5.41, 5.74) is 1.93. The summed E-state index contributed by atoms with van der Waals surface area (Å²) in [4.78, 5) is 14.0. The number of benzene rings is 1. The van der Waals surface area contributed by atoms with E-state index >= 15 is 0 Å². The van der Waals surface area contributed by atoms with Crippen LogP contribution in [0.3, 0.4) is 0 Å². The van der Waals surface area contributed by atoms with Crippen molar-refractivity contribution in [3.63, 3.8) is 0 Å². The van der Waals surface area contributed by atoms with Gasteiger partial charge in [-0.05, 0) is 55.6 Å². The van der Waals surface area contributed by atoms with Crippen LogP contribution in [-0.4, -0.2) is 25.0 Å². The van der Waals surface area contributed by atoms with Crippen molar-refractivity contribution in [1.82, 2.24) is 10.6 Å². The Bertz CT molecular complexity index is 660. The maximum absolute atomic E-state index is 13.0. The maximum atomic E-state index is 13.0. The third-order valence-electron chi connectivity index (χ3n) is 3.97. The van der Waals surface area contributed by atoms with Crippen molar-refractivity contribution in [2.75, 3.05) is 13.1 Å². The summed E-state index contributed by atoms with van der Waals surface area (Å²) in [7, 11) is 0. The van der Waals surface area contributed by atoms with Gasteiger partial charge in [-0.1, -0.05) is 12.1 Å². The highest BCUT2D eigenvalue weighted by Gasteiger charge is 2.17. The molecule has 116 valence electrons. The van der Waals surface area contributed by atoms with Gasteiger partial charge in [0, 0.05) is 17.5 Å². The number of halogens is 1. The first-order valence-corrected chi connectivity index (χ1v) is 8.33. The normalized spacial score (nSPS) is 17.6. The smallest absolute Gasteiger partial charge is 0.261 e. The van der Waals surface area contributed by atoms with Crippen LogP contribution in [-0.2, 0) is 0 Å². The molecule has 2 heterocycles. The number of aryl methyl sites for hydroxylation is 1. The van der Waals surface area contributed by atoms with E-state index in [0.717, 1.165) is 29.0 Å². The fraction of sp³-hybridized carbons (Fsp3) is 0.353. The average molecular weight is 318 g/mol. The van der Waals surface area contributed by atoms with Crippen LogP contribution in [0.2, 0.25) is 0 Å². The van der Waals surface area contributed by atoms with Gasteiger partial charge in [-0.15, -0.1) is 11.3 Å². The minimum atomic E-state index is -0.251. The first-order valence-electron chi connectivity index (χ1n) is 7.51. The zero-order valence-electron chi connectivity index (χ0n) is 12.5. The number of nitrogens with one attached hydrogen (secondary N) is 2. The van der Waals surface area contributed by atoms with E-state index in [4.69, 9.17) is 0 Å². The third-order valence-corrected chi connectivity index (χ3v) is 5.02. The molecule has 22 heavy (non-hydrogen) atoms. The number of carbonyl (C=O) groups is 1. The van der Waals surface area contributed by atoms with Crippen molar-refractivity contribution in [3.8, 4) is 11.1 Å². The van der Waals surface area contributed by atoms with Gasteiger partial charge in [-0.2, -0.15) is 0 Å². The van der Waals surface area contributed by atoms with Crippen molar-refractivity contribution < 1.29 is 9.18 Å². The van der Waals surface area contributed by atoms with Gasteiger partial charge in [-0.25, -0.2) is 4.39 Å². The average Bonchev–Trinajstić information content (AvgIpc) is 3.15. The lowest BCUT2D eigenvalue weighted by atomic mass is 10.1.